The third-order valence-corrected chi connectivity index (χ3v) is 7.58. The van der Waals surface area contributed by atoms with Crippen LogP contribution in [0.4, 0.5) is 4.39 Å². The first-order valence-corrected chi connectivity index (χ1v) is 13.7. The number of likely N-dealkylation sites (tertiary alicyclic amines) is 1. The molecule has 11 heteroatoms. The Morgan fingerprint density at radius 1 is 1.27 bits per heavy atom. The highest BCUT2D eigenvalue weighted by atomic mass is 19.1. The summed E-state index contributed by atoms with van der Waals surface area (Å²) in [4.78, 5) is 17.9. The number of pyridine rings is 2. The van der Waals surface area contributed by atoms with Gasteiger partial charge in [-0.05, 0) is 56.9 Å². The lowest BCUT2D eigenvalue weighted by atomic mass is 10.0. The lowest BCUT2D eigenvalue weighted by Gasteiger charge is -2.31. The molecule has 1 amide bonds. The van der Waals surface area contributed by atoms with Crippen molar-refractivity contribution in [2.75, 3.05) is 19.7 Å². The molecule has 4 aromatic rings. The van der Waals surface area contributed by atoms with E-state index in [1.54, 1.807) is 15.6 Å². The van der Waals surface area contributed by atoms with Gasteiger partial charge < -0.3 is 14.7 Å². The van der Waals surface area contributed by atoms with E-state index in [0.717, 1.165) is 43.1 Å². The molecule has 4 aromatic heterocycles. The number of fused-ring (bicyclic) bond motifs is 1. The van der Waals surface area contributed by atoms with Crippen LogP contribution in [0.25, 0.3) is 16.8 Å². The Balaban J connectivity index is 1.36. The van der Waals surface area contributed by atoms with E-state index in [2.05, 4.69) is 38.8 Å². The van der Waals surface area contributed by atoms with Crippen molar-refractivity contribution in [3.8, 4) is 28.8 Å². The number of aliphatic hydroxyl groups excluding tert-OH is 1. The van der Waals surface area contributed by atoms with Crippen LogP contribution in [0, 0.1) is 30.5 Å². The minimum Gasteiger partial charge on any atom is -0.479 e. The van der Waals surface area contributed by atoms with Crippen molar-refractivity contribution in [1.82, 2.24) is 34.5 Å². The van der Waals surface area contributed by atoms with E-state index in [-0.39, 0.29) is 18.6 Å². The molecule has 1 saturated carbocycles. The van der Waals surface area contributed by atoms with E-state index < -0.39 is 11.9 Å². The minimum absolute atomic E-state index is 0.0577. The Morgan fingerprint density at radius 2 is 2.07 bits per heavy atom. The summed E-state index contributed by atoms with van der Waals surface area (Å²) in [6.45, 7) is 6.45. The highest BCUT2D eigenvalue weighted by Crippen LogP contribution is 2.35. The Kier molecular flexibility index (Phi) is 7.24. The van der Waals surface area contributed by atoms with Gasteiger partial charge in [-0.15, -0.1) is 5.10 Å². The Morgan fingerprint density at radius 3 is 2.76 bits per heavy atom. The smallest absolute Gasteiger partial charge is 0.245 e. The second-order valence-corrected chi connectivity index (χ2v) is 10.4. The van der Waals surface area contributed by atoms with Gasteiger partial charge in [0.15, 0.2) is 6.10 Å². The van der Waals surface area contributed by atoms with E-state index in [9.17, 15) is 14.3 Å². The number of hydrogen-bond acceptors (Lipinski definition) is 7. The predicted octanol–water partition coefficient (Wildman–Crippen LogP) is 3.66. The summed E-state index contributed by atoms with van der Waals surface area (Å²) in [5.41, 5.74) is 4.04. The fourth-order valence-electron chi connectivity index (χ4n) is 5.14. The molecule has 1 atom stereocenters. The van der Waals surface area contributed by atoms with Crippen LogP contribution in [0.1, 0.15) is 54.8 Å². The van der Waals surface area contributed by atoms with E-state index in [1.807, 2.05) is 23.9 Å². The average molecular weight is 556 g/mol. The molecule has 0 aromatic carbocycles. The van der Waals surface area contributed by atoms with E-state index in [0.29, 0.717) is 47.2 Å². The van der Waals surface area contributed by atoms with Gasteiger partial charge in [0, 0.05) is 30.8 Å². The van der Waals surface area contributed by atoms with Crippen molar-refractivity contribution in [2.45, 2.75) is 44.8 Å². The number of aliphatic hydroxyl groups is 1. The Bertz CT molecular complexity index is 1660. The Hall–Kier alpha value is -4.56. The summed E-state index contributed by atoms with van der Waals surface area (Å²) < 4.78 is 23.5. The summed E-state index contributed by atoms with van der Waals surface area (Å²) in [7, 11) is 0. The van der Waals surface area contributed by atoms with E-state index in [1.165, 1.54) is 18.2 Å². The molecule has 0 bridgehead atoms. The maximum Gasteiger partial charge on any atom is 0.245 e. The summed E-state index contributed by atoms with van der Waals surface area (Å²) in [5.74, 6) is 6.82. The van der Waals surface area contributed by atoms with Gasteiger partial charge in [-0.3, -0.25) is 9.78 Å². The minimum atomic E-state index is -0.839. The van der Waals surface area contributed by atoms with Gasteiger partial charge >= 0.3 is 0 Å². The first-order chi connectivity index (χ1) is 19.9. The SMILES string of the molecule is C=CC(=O)N1CCC(n2nnc(-c3cc(O[C@@H](CO)c4ccc(F)cn4)c4c(C#CC5CC5)cnn4c3)c2C)CC1. The molecule has 10 nitrogen and oxygen atoms in total. The zero-order valence-electron chi connectivity index (χ0n) is 22.7. The molecule has 41 heavy (non-hydrogen) atoms. The molecule has 2 fully saturated rings. The number of rotatable bonds is 7. The van der Waals surface area contributed by atoms with Crippen LogP contribution >= 0.6 is 0 Å². The maximum atomic E-state index is 13.5. The predicted molar refractivity (Wildman–Crippen MR) is 148 cm³/mol. The van der Waals surface area contributed by atoms with Crippen LogP contribution in [0.3, 0.4) is 0 Å². The lowest BCUT2D eigenvalue weighted by Crippen LogP contribution is -2.38. The summed E-state index contributed by atoms with van der Waals surface area (Å²) in [6, 6.07) is 4.73. The molecular weight excluding hydrogens is 525 g/mol. The molecular formula is C30H30FN7O3. The quantitative estimate of drug-likeness (QED) is 0.274. The van der Waals surface area contributed by atoms with Crippen molar-refractivity contribution in [3.63, 3.8) is 0 Å². The first kappa shape index (κ1) is 26.7. The summed E-state index contributed by atoms with van der Waals surface area (Å²) in [5, 5.41) is 23.7. The molecule has 1 aliphatic heterocycles. The lowest BCUT2D eigenvalue weighted by molar-refractivity contribution is -0.127. The molecule has 210 valence electrons. The topological polar surface area (TPSA) is 111 Å². The third kappa shape index (κ3) is 5.43. The number of ether oxygens (including phenoxy) is 1. The van der Waals surface area contributed by atoms with Crippen LogP contribution in [0.2, 0.25) is 0 Å². The molecule has 1 N–H and O–H groups in total. The van der Waals surface area contributed by atoms with Crippen LogP contribution in [-0.2, 0) is 4.79 Å². The number of halogens is 1. The van der Waals surface area contributed by atoms with Gasteiger partial charge in [0.25, 0.3) is 0 Å². The summed E-state index contributed by atoms with van der Waals surface area (Å²) >= 11 is 0. The van der Waals surface area contributed by atoms with Gasteiger partial charge in [-0.25, -0.2) is 13.6 Å². The highest BCUT2D eigenvalue weighted by molar-refractivity contribution is 5.87. The van der Waals surface area contributed by atoms with Crippen LogP contribution in [-0.4, -0.2) is 65.2 Å². The van der Waals surface area contributed by atoms with Crippen LogP contribution in [0.5, 0.6) is 5.75 Å². The van der Waals surface area contributed by atoms with Crippen molar-refractivity contribution in [2.24, 2.45) is 5.92 Å². The molecule has 6 rings (SSSR count). The standard InChI is InChI=1S/C30H30FN7O3/c1-3-28(40)36-12-10-24(11-13-36)38-19(2)29(34-35-38)22-14-26(41-27(18-39)25-9-8-23(31)16-32-25)30-21(7-6-20-4-5-20)15-33-37(30)17-22/h3,8-9,14-17,20,24,27,39H,1,4-5,10-13,18H2,2H3/t27-/m0/s1. The molecule has 2 aliphatic rings. The molecule has 1 aliphatic carbocycles. The maximum absolute atomic E-state index is 13.5. The zero-order chi connectivity index (χ0) is 28.5. The highest BCUT2D eigenvalue weighted by Gasteiger charge is 2.27. The number of hydrogen-bond donors (Lipinski definition) is 1. The molecule has 1 saturated heterocycles. The largest absolute Gasteiger partial charge is 0.479 e. The van der Waals surface area contributed by atoms with Crippen LogP contribution in [0.15, 0.2) is 49.4 Å². The number of aromatic nitrogens is 6. The monoisotopic (exact) mass is 555 g/mol. The van der Waals surface area contributed by atoms with E-state index >= 15 is 0 Å². The van der Waals surface area contributed by atoms with Crippen LogP contribution < -0.4 is 4.74 Å². The molecule has 0 spiro atoms. The second kappa shape index (κ2) is 11.1. The zero-order valence-corrected chi connectivity index (χ0v) is 22.7. The molecule has 0 unspecified atom stereocenters. The van der Waals surface area contributed by atoms with E-state index in [4.69, 9.17) is 4.74 Å². The number of nitrogens with zero attached hydrogens (tertiary/aromatic N) is 7. The van der Waals surface area contributed by atoms with Crippen molar-refractivity contribution < 1.29 is 19.0 Å². The number of carbonyl (C=O) groups is 1. The van der Waals surface area contributed by atoms with Gasteiger partial charge in [-0.1, -0.05) is 23.6 Å². The third-order valence-electron chi connectivity index (χ3n) is 7.58. The number of carbonyl (C=O) groups excluding carboxylic acids is 1. The first-order valence-electron chi connectivity index (χ1n) is 13.7. The van der Waals surface area contributed by atoms with Gasteiger partial charge in [-0.2, -0.15) is 5.10 Å². The fraction of sp³-hybridized carbons (Fsp3) is 0.367. The number of piperidine rings is 1. The fourth-order valence-corrected chi connectivity index (χ4v) is 5.14. The Labute approximate surface area is 236 Å². The molecule has 5 heterocycles. The number of amides is 1. The normalized spacial score (nSPS) is 16.3. The van der Waals surface area contributed by atoms with Gasteiger partial charge in [0.05, 0.1) is 42.0 Å². The second-order valence-electron chi connectivity index (χ2n) is 10.4. The van der Waals surface area contributed by atoms with Gasteiger partial charge in [0.1, 0.15) is 22.8 Å². The average Bonchev–Trinajstić information content (AvgIpc) is 3.62. The van der Waals surface area contributed by atoms with Gasteiger partial charge in [0.2, 0.25) is 5.91 Å². The molecule has 0 radical (unpaired) electrons. The van der Waals surface area contributed by atoms with Crippen molar-refractivity contribution in [1.29, 1.82) is 0 Å². The van der Waals surface area contributed by atoms with Crippen molar-refractivity contribution in [3.05, 3.63) is 72.2 Å². The summed E-state index contributed by atoms with van der Waals surface area (Å²) in [6.07, 6.45) is 8.90. The van der Waals surface area contributed by atoms with Crippen molar-refractivity contribution >= 4 is 11.4 Å².